The number of guanidine groups is 1. The molecule has 142 valence electrons. The highest BCUT2D eigenvalue weighted by atomic mass is 127. The highest BCUT2D eigenvalue weighted by molar-refractivity contribution is 14.0. The molecule has 5 nitrogen and oxygen atoms in total. The number of hydrogen-bond donors (Lipinski definition) is 2. The molecule has 1 aliphatic rings. The van der Waals surface area contributed by atoms with Crippen LogP contribution < -0.4 is 15.5 Å². The number of nitrogens with one attached hydrogen (secondary N) is 2. The molecule has 0 amide bonds. The Hall–Kier alpha value is -1.16. The molecule has 2 rings (SSSR count). The van der Waals surface area contributed by atoms with Crippen molar-refractivity contribution in [2.45, 2.75) is 12.8 Å². The van der Waals surface area contributed by atoms with Crippen LogP contribution in [0.25, 0.3) is 0 Å². The van der Waals surface area contributed by atoms with E-state index in [2.05, 4.69) is 20.5 Å². The van der Waals surface area contributed by atoms with Crippen molar-refractivity contribution < 1.29 is 13.5 Å². The summed E-state index contributed by atoms with van der Waals surface area (Å²) >= 11 is 0. The van der Waals surface area contributed by atoms with Gasteiger partial charge in [-0.25, -0.2) is 8.78 Å². The van der Waals surface area contributed by atoms with Gasteiger partial charge in [0.25, 0.3) is 0 Å². The van der Waals surface area contributed by atoms with Crippen molar-refractivity contribution in [2.24, 2.45) is 10.9 Å². The Kier molecular flexibility index (Phi) is 10.0. The van der Waals surface area contributed by atoms with E-state index in [9.17, 15) is 8.78 Å². The lowest BCUT2D eigenvalue weighted by atomic mass is 10.1. The maximum atomic E-state index is 13.4. The van der Waals surface area contributed by atoms with Gasteiger partial charge in [0.1, 0.15) is 0 Å². The number of hydrogen-bond acceptors (Lipinski definition) is 3. The highest BCUT2D eigenvalue weighted by Crippen LogP contribution is 2.24. The molecule has 25 heavy (non-hydrogen) atoms. The number of benzene rings is 1. The summed E-state index contributed by atoms with van der Waals surface area (Å²) in [5.41, 5.74) is 0.735. The van der Waals surface area contributed by atoms with Crippen LogP contribution in [0.1, 0.15) is 12.8 Å². The van der Waals surface area contributed by atoms with Crippen LogP contribution in [0.4, 0.5) is 14.5 Å². The van der Waals surface area contributed by atoms with E-state index in [1.165, 1.54) is 12.1 Å². The molecule has 1 atom stereocenters. The van der Waals surface area contributed by atoms with E-state index in [4.69, 9.17) is 4.74 Å². The smallest absolute Gasteiger partial charge is 0.190 e. The molecule has 1 aliphatic heterocycles. The highest BCUT2D eigenvalue weighted by Gasteiger charge is 2.23. The molecular formula is C17H27F2IN4O. The number of nitrogens with zero attached hydrogens (tertiary/aromatic N) is 2. The minimum Gasteiger partial charge on any atom is -0.385 e. The van der Waals surface area contributed by atoms with Gasteiger partial charge in [0.05, 0.1) is 0 Å². The first-order chi connectivity index (χ1) is 11.6. The van der Waals surface area contributed by atoms with Crippen molar-refractivity contribution in [1.29, 1.82) is 0 Å². The second-order valence-corrected chi connectivity index (χ2v) is 5.93. The minimum absolute atomic E-state index is 0. The predicted molar refractivity (Wildman–Crippen MR) is 108 cm³/mol. The quantitative estimate of drug-likeness (QED) is 0.280. The summed E-state index contributed by atoms with van der Waals surface area (Å²) < 4.78 is 31.4. The van der Waals surface area contributed by atoms with E-state index < -0.39 is 11.6 Å². The Balaban J connectivity index is 0.00000312. The molecule has 0 radical (unpaired) electrons. The second kappa shape index (κ2) is 11.5. The van der Waals surface area contributed by atoms with Crippen molar-refractivity contribution in [3.8, 4) is 0 Å². The van der Waals surface area contributed by atoms with Crippen LogP contribution in [0.5, 0.6) is 0 Å². The number of ether oxygens (including phenoxy) is 1. The van der Waals surface area contributed by atoms with E-state index in [-0.39, 0.29) is 24.0 Å². The van der Waals surface area contributed by atoms with Gasteiger partial charge in [-0.1, -0.05) is 0 Å². The van der Waals surface area contributed by atoms with Gasteiger partial charge >= 0.3 is 0 Å². The van der Waals surface area contributed by atoms with Gasteiger partial charge in [0, 0.05) is 58.7 Å². The molecule has 0 saturated carbocycles. The molecule has 1 heterocycles. The van der Waals surface area contributed by atoms with Gasteiger partial charge < -0.3 is 20.3 Å². The Morgan fingerprint density at radius 1 is 1.32 bits per heavy atom. The molecule has 1 unspecified atom stereocenters. The van der Waals surface area contributed by atoms with Crippen LogP contribution in [-0.2, 0) is 4.74 Å². The zero-order valence-electron chi connectivity index (χ0n) is 14.7. The third kappa shape index (κ3) is 6.93. The van der Waals surface area contributed by atoms with Crippen LogP contribution in [0.15, 0.2) is 23.2 Å². The van der Waals surface area contributed by atoms with Crippen molar-refractivity contribution in [1.82, 2.24) is 10.6 Å². The molecule has 0 aromatic heterocycles. The fourth-order valence-corrected chi connectivity index (χ4v) is 2.80. The first-order valence-corrected chi connectivity index (χ1v) is 8.27. The van der Waals surface area contributed by atoms with E-state index in [0.29, 0.717) is 5.92 Å². The van der Waals surface area contributed by atoms with E-state index >= 15 is 0 Å². The lowest BCUT2D eigenvalue weighted by Crippen LogP contribution is -2.40. The summed E-state index contributed by atoms with van der Waals surface area (Å²) in [5, 5.41) is 6.56. The lowest BCUT2D eigenvalue weighted by Gasteiger charge is -2.19. The second-order valence-electron chi connectivity index (χ2n) is 5.93. The molecule has 8 heteroatoms. The predicted octanol–water partition coefficient (Wildman–Crippen LogP) is 2.61. The first-order valence-electron chi connectivity index (χ1n) is 8.27. The van der Waals surface area contributed by atoms with Crippen LogP contribution in [0, 0.1) is 17.6 Å². The summed E-state index contributed by atoms with van der Waals surface area (Å²) in [7, 11) is 3.43. The standard InChI is InChI=1S/C17H26F2N4O.HI/c1-20-17(21-7-3-9-24-2)22-11-13-6-8-23(12-13)14-4-5-15(18)16(19)10-14;/h4-5,10,13H,3,6-9,11-12H2,1-2H3,(H2,20,21,22);1H. The minimum atomic E-state index is -0.806. The number of anilines is 1. The van der Waals surface area contributed by atoms with Gasteiger partial charge in [-0.3, -0.25) is 4.99 Å². The van der Waals surface area contributed by atoms with Crippen molar-refractivity contribution >= 4 is 35.6 Å². The molecular weight excluding hydrogens is 441 g/mol. The SMILES string of the molecule is CN=C(NCCCOC)NCC1CCN(c2ccc(F)c(F)c2)C1.I. The van der Waals surface area contributed by atoms with Gasteiger partial charge in [-0.2, -0.15) is 0 Å². The number of aliphatic imine (C=N–C) groups is 1. The third-order valence-corrected chi connectivity index (χ3v) is 4.15. The zero-order valence-corrected chi connectivity index (χ0v) is 17.1. The molecule has 1 aromatic carbocycles. The van der Waals surface area contributed by atoms with Gasteiger partial charge in [-0.15, -0.1) is 24.0 Å². The molecule has 1 aromatic rings. The van der Waals surface area contributed by atoms with E-state index in [0.717, 1.165) is 57.3 Å². The Morgan fingerprint density at radius 2 is 2.12 bits per heavy atom. The van der Waals surface area contributed by atoms with Crippen molar-refractivity contribution in [2.75, 3.05) is 51.8 Å². The lowest BCUT2D eigenvalue weighted by molar-refractivity contribution is 0.195. The van der Waals surface area contributed by atoms with Crippen LogP contribution >= 0.6 is 24.0 Å². The molecule has 0 aliphatic carbocycles. The monoisotopic (exact) mass is 468 g/mol. The summed E-state index contributed by atoms with van der Waals surface area (Å²) in [6.45, 7) is 3.98. The molecule has 1 fully saturated rings. The average Bonchev–Trinajstić information content (AvgIpc) is 3.06. The third-order valence-electron chi connectivity index (χ3n) is 4.15. The maximum absolute atomic E-state index is 13.4. The summed E-state index contributed by atoms with van der Waals surface area (Å²) in [6.07, 6.45) is 1.93. The topological polar surface area (TPSA) is 48.9 Å². The Bertz CT molecular complexity index is 559. The summed E-state index contributed by atoms with van der Waals surface area (Å²) in [4.78, 5) is 6.28. The zero-order chi connectivity index (χ0) is 17.4. The molecule has 0 bridgehead atoms. The largest absolute Gasteiger partial charge is 0.385 e. The van der Waals surface area contributed by atoms with Crippen LogP contribution in [-0.4, -0.2) is 52.9 Å². The number of halogens is 3. The van der Waals surface area contributed by atoms with Gasteiger partial charge in [-0.05, 0) is 30.9 Å². The molecule has 0 spiro atoms. The first kappa shape index (κ1) is 21.9. The Labute approximate surface area is 165 Å². The van der Waals surface area contributed by atoms with Crippen LogP contribution in [0.3, 0.4) is 0 Å². The fraction of sp³-hybridized carbons (Fsp3) is 0.588. The van der Waals surface area contributed by atoms with Gasteiger partial charge in [0.2, 0.25) is 0 Å². The van der Waals surface area contributed by atoms with E-state index in [1.807, 2.05) is 0 Å². The summed E-state index contributed by atoms with van der Waals surface area (Å²) in [5.74, 6) is -0.387. The van der Waals surface area contributed by atoms with Crippen LogP contribution in [0.2, 0.25) is 0 Å². The molecule has 2 N–H and O–H groups in total. The number of rotatable bonds is 7. The maximum Gasteiger partial charge on any atom is 0.190 e. The fourth-order valence-electron chi connectivity index (χ4n) is 2.80. The Morgan fingerprint density at radius 3 is 2.80 bits per heavy atom. The average molecular weight is 468 g/mol. The van der Waals surface area contributed by atoms with Gasteiger partial charge in [0.15, 0.2) is 17.6 Å². The molecule has 1 saturated heterocycles. The normalized spacial score (nSPS) is 17.4. The van der Waals surface area contributed by atoms with E-state index in [1.54, 1.807) is 20.2 Å². The number of methoxy groups -OCH3 is 1. The van der Waals surface area contributed by atoms with Crippen molar-refractivity contribution in [3.05, 3.63) is 29.8 Å². The summed E-state index contributed by atoms with van der Waals surface area (Å²) in [6, 6.07) is 4.08. The van der Waals surface area contributed by atoms with Crippen molar-refractivity contribution in [3.63, 3.8) is 0 Å².